The van der Waals surface area contributed by atoms with E-state index < -0.39 is 0 Å². The van der Waals surface area contributed by atoms with Gasteiger partial charge in [-0.25, -0.2) is 0 Å². The monoisotopic (exact) mass is 268 g/mol. The van der Waals surface area contributed by atoms with E-state index in [1.165, 1.54) is 0 Å². The highest BCUT2D eigenvalue weighted by atomic mass is 32.1. The molecule has 0 amide bonds. The molecule has 0 fully saturated rings. The molecule has 0 spiro atoms. The van der Waals surface area contributed by atoms with Gasteiger partial charge in [-0.3, -0.25) is 0 Å². The lowest BCUT2D eigenvalue weighted by Crippen LogP contribution is -1.94. The van der Waals surface area contributed by atoms with Gasteiger partial charge in [-0.15, -0.1) is 12.6 Å². The van der Waals surface area contributed by atoms with Crippen LogP contribution in [0.25, 0.3) is 0 Å². The molecule has 2 heteroatoms. The molecule has 0 atom stereocenters. The normalized spacial score (nSPS) is 9.58. The number of hydrogen-bond acceptors (Lipinski definition) is 2. The van der Waals surface area contributed by atoms with Crippen molar-refractivity contribution in [2.24, 2.45) is 0 Å². The van der Waals surface area contributed by atoms with E-state index in [9.17, 15) is 0 Å². The van der Waals surface area contributed by atoms with E-state index >= 15 is 0 Å². The van der Waals surface area contributed by atoms with Crippen LogP contribution in [-0.2, 0) is 0 Å². The molecule has 0 radical (unpaired) electrons. The van der Waals surface area contributed by atoms with Crippen molar-refractivity contribution in [3.8, 4) is 17.6 Å². The molecule has 2 rings (SSSR count). The molecule has 0 aromatic heterocycles. The Labute approximate surface area is 120 Å². The van der Waals surface area contributed by atoms with Gasteiger partial charge >= 0.3 is 0 Å². The Morgan fingerprint density at radius 2 is 1.42 bits per heavy atom. The summed E-state index contributed by atoms with van der Waals surface area (Å²) in [6.45, 7) is 2.84. The summed E-state index contributed by atoms with van der Waals surface area (Å²) in [5, 5.41) is 0. The van der Waals surface area contributed by atoms with Crippen molar-refractivity contribution in [1.29, 1.82) is 0 Å². The second-order valence-corrected chi connectivity index (χ2v) is 4.69. The van der Waals surface area contributed by atoms with Gasteiger partial charge in [0.2, 0.25) is 0 Å². The van der Waals surface area contributed by atoms with Crippen LogP contribution in [0.5, 0.6) is 5.75 Å². The number of rotatable bonds is 3. The Morgan fingerprint density at radius 3 is 1.95 bits per heavy atom. The maximum Gasteiger partial charge on any atom is 0.119 e. The minimum absolute atomic E-state index is 0.751. The van der Waals surface area contributed by atoms with Crippen LogP contribution in [0.2, 0.25) is 0 Å². The first-order chi connectivity index (χ1) is 9.28. The molecule has 2 aromatic rings. The van der Waals surface area contributed by atoms with Crippen LogP contribution in [0.3, 0.4) is 0 Å². The molecule has 0 aliphatic rings. The smallest absolute Gasteiger partial charge is 0.119 e. The van der Waals surface area contributed by atoms with E-state index in [1.807, 2.05) is 48.5 Å². The van der Waals surface area contributed by atoms with Crippen LogP contribution in [-0.4, -0.2) is 6.61 Å². The first-order valence-corrected chi connectivity index (χ1v) is 6.76. The van der Waals surface area contributed by atoms with Crippen molar-refractivity contribution in [2.75, 3.05) is 6.61 Å². The standard InChI is InChI=1S/C17H16OS/c1-2-13-18-16-9-5-14(6-10-16)3-4-15-7-11-17(19)12-8-15/h5-12,19H,2,13H2,1H3. The zero-order valence-corrected chi connectivity index (χ0v) is 11.8. The van der Waals surface area contributed by atoms with Crippen LogP contribution in [0.1, 0.15) is 24.5 Å². The number of hydrogen-bond donors (Lipinski definition) is 1. The van der Waals surface area contributed by atoms with Crippen molar-refractivity contribution in [3.05, 3.63) is 59.7 Å². The van der Waals surface area contributed by atoms with Gasteiger partial charge < -0.3 is 4.74 Å². The van der Waals surface area contributed by atoms with Crippen LogP contribution in [0, 0.1) is 11.8 Å². The lowest BCUT2D eigenvalue weighted by atomic mass is 10.2. The highest BCUT2D eigenvalue weighted by Gasteiger charge is 1.92. The molecule has 0 saturated heterocycles. The van der Waals surface area contributed by atoms with Gasteiger partial charge in [-0.1, -0.05) is 18.8 Å². The lowest BCUT2D eigenvalue weighted by molar-refractivity contribution is 0.317. The van der Waals surface area contributed by atoms with Crippen molar-refractivity contribution in [3.63, 3.8) is 0 Å². The molecule has 19 heavy (non-hydrogen) atoms. The summed E-state index contributed by atoms with van der Waals surface area (Å²) in [6, 6.07) is 15.7. The van der Waals surface area contributed by atoms with Gasteiger partial charge in [0.25, 0.3) is 0 Å². The Kier molecular flexibility index (Phi) is 4.94. The fraction of sp³-hybridized carbons (Fsp3) is 0.176. The van der Waals surface area contributed by atoms with Crippen LogP contribution in [0.4, 0.5) is 0 Å². The number of benzene rings is 2. The van der Waals surface area contributed by atoms with E-state index in [4.69, 9.17) is 4.74 Å². The topological polar surface area (TPSA) is 9.23 Å². The molecular weight excluding hydrogens is 252 g/mol. The molecule has 2 aromatic carbocycles. The van der Waals surface area contributed by atoms with Crippen molar-refractivity contribution >= 4 is 12.6 Å². The maximum atomic E-state index is 5.53. The van der Waals surface area contributed by atoms with Crippen molar-refractivity contribution in [1.82, 2.24) is 0 Å². The van der Waals surface area contributed by atoms with Crippen LogP contribution < -0.4 is 4.74 Å². The molecule has 0 heterocycles. The Morgan fingerprint density at radius 1 is 0.895 bits per heavy atom. The van der Waals surface area contributed by atoms with E-state index in [-0.39, 0.29) is 0 Å². The fourth-order valence-electron chi connectivity index (χ4n) is 1.54. The molecule has 0 aliphatic carbocycles. The fourth-order valence-corrected chi connectivity index (χ4v) is 1.69. The molecule has 0 aliphatic heterocycles. The summed E-state index contributed by atoms with van der Waals surface area (Å²) in [5.74, 6) is 7.15. The highest BCUT2D eigenvalue weighted by molar-refractivity contribution is 7.80. The molecule has 0 bridgehead atoms. The van der Waals surface area contributed by atoms with E-state index in [0.717, 1.165) is 34.8 Å². The van der Waals surface area contributed by atoms with Gasteiger partial charge in [0.15, 0.2) is 0 Å². The predicted octanol–water partition coefficient (Wildman–Crippen LogP) is 4.16. The molecule has 0 N–H and O–H groups in total. The summed E-state index contributed by atoms with van der Waals surface area (Å²) in [7, 11) is 0. The van der Waals surface area contributed by atoms with E-state index in [2.05, 4.69) is 31.4 Å². The molecule has 0 unspecified atom stereocenters. The minimum atomic E-state index is 0.751. The largest absolute Gasteiger partial charge is 0.494 e. The van der Waals surface area contributed by atoms with Gasteiger partial charge in [0, 0.05) is 16.0 Å². The second-order valence-electron chi connectivity index (χ2n) is 4.17. The van der Waals surface area contributed by atoms with Crippen LogP contribution in [0.15, 0.2) is 53.4 Å². The van der Waals surface area contributed by atoms with Gasteiger partial charge in [0.05, 0.1) is 6.61 Å². The number of ether oxygens (including phenoxy) is 1. The summed E-state index contributed by atoms with van der Waals surface area (Å²) in [4.78, 5) is 0.947. The predicted molar refractivity (Wildman–Crippen MR) is 81.9 cm³/mol. The summed E-state index contributed by atoms with van der Waals surface area (Å²) in [5.41, 5.74) is 1.97. The van der Waals surface area contributed by atoms with Gasteiger partial charge in [0.1, 0.15) is 5.75 Å². The number of thiol groups is 1. The van der Waals surface area contributed by atoms with Gasteiger partial charge in [-0.2, -0.15) is 0 Å². The molecular formula is C17H16OS. The second kappa shape index (κ2) is 6.92. The summed E-state index contributed by atoms with van der Waals surface area (Å²) >= 11 is 4.25. The Bertz CT molecular complexity index is 573. The molecule has 96 valence electrons. The Hall–Kier alpha value is -1.85. The molecule has 1 nitrogen and oxygen atoms in total. The summed E-state index contributed by atoms with van der Waals surface area (Å²) in [6.07, 6.45) is 1.02. The zero-order chi connectivity index (χ0) is 13.5. The third kappa shape index (κ3) is 4.39. The van der Waals surface area contributed by atoms with Gasteiger partial charge in [-0.05, 0) is 55.0 Å². The van der Waals surface area contributed by atoms with Crippen LogP contribution >= 0.6 is 12.6 Å². The quantitative estimate of drug-likeness (QED) is 0.649. The maximum absolute atomic E-state index is 5.53. The summed E-state index contributed by atoms with van der Waals surface area (Å²) < 4.78 is 5.53. The highest BCUT2D eigenvalue weighted by Crippen LogP contribution is 2.12. The zero-order valence-electron chi connectivity index (χ0n) is 10.9. The Balaban J connectivity index is 2.05. The third-order valence-corrected chi connectivity index (χ3v) is 2.84. The molecule has 0 saturated carbocycles. The average molecular weight is 268 g/mol. The van der Waals surface area contributed by atoms with Crippen molar-refractivity contribution in [2.45, 2.75) is 18.2 Å². The van der Waals surface area contributed by atoms with Crippen molar-refractivity contribution < 1.29 is 4.74 Å². The lowest BCUT2D eigenvalue weighted by Gasteiger charge is -2.03. The first-order valence-electron chi connectivity index (χ1n) is 6.32. The minimum Gasteiger partial charge on any atom is -0.494 e. The average Bonchev–Trinajstić information content (AvgIpc) is 2.46. The first kappa shape index (κ1) is 13.6. The van der Waals surface area contributed by atoms with E-state index in [0.29, 0.717) is 0 Å². The SMILES string of the molecule is CCCOc1ccc(C#Cc2ccc(S)cc2)cc1. The third-order valence-electron chi connectivity index (χ3n) is 2.55. The van der Waals surface area contributed by atoms with E-state index in [1.54, 1.807) is 0 Å².